The van der Waals surface area contributed by atoms with Gasteiger partial charge >= 0.3 is 5.97 Å². The standard InChI is InChI=1S/C20H18Br4INO4/c1-26(11-5-7-12(8-6-11)30-10-4-2-3-9-25)19(27)13-14(20(28)29)16(22)18(24)17(23)15(13)21/h5-8H,2-4,9-10H2,1H3,(H,28,29). The highest BCUT2D eigenvalue weighted by molar-refractivity contribution is 14.1. The van der Waals surface area contributed by atoms with Gasteiger partial charge in [-0.25, -0.2) is 4.79 Å². The molecule has 162 valence electrons. The first kappa shape index (κ1) is 26.1. The van der Waals surface area contributed by atoms with E-state index in [1.807, 2.05) is 0 Å². The topological polar surface area (TPSA) is 66.8 Å². The molecule has 30 heavy (non-hydrogen) atoms. The fourth-order valence-corrected chi connectivity index (χ4v) is 5.64. The van der Waals surface area contributed by atoms with Crippen LogP contribution in [0.15, 0.2) is 42.2 Å². The Labute approximate surface area is 222 Å². The molecule has 0 saturated carbocycles. The SMILES string of the molecule is CN(C(=O)c1c(Br)c(Br)c(Br)c(Br)c1C(=O)O)c1ccc(OCCCCCI)cc1. The molecule has 2 rings (SSSR count). The molecule has 1 N–H and O–H groups in total. The van der Waals surface area contributed by atoms with Crippen LogP contribution < -0.4 is 9.64 Å². The predicted octanol–water partition coefficient (Wildman–Crippen LogP) is 7.70. The highest BCUT2D eigenvalue weighted by Gasteiger charge is 2.29. The Morgan fingerprint density at radius 1 is 0.933 bits per heavy atom. The van der Waals surface area contributed by atoms with Gasteiger partial charge in [0.25, 0.3) is 5.91 Å². The van der Waals surface area contributed by atoms with Gasteiger partial charge in [0.1, 0.15) is 5.75 Å². The second-order valence-corrected chi connectivity index (χ2v) is 10.5. The molecule has 10 heteroatoms. The molecule has 0 heterocycles. The molecule has 0 bridgehead atoms. The molecule has 2 aromatic carbocycles. The Morgan fingerprint density at radius 2 is 1.50 bits per heavy atom. The Hall–Kier alpha value is -0.170. The van der Waals surface area contributed by atoms with Crippen molar-refractivity contribution < 1.29 is 19.4 Å². The first-order chi connectivity index (χ1) is 14.2. The minimum Gasteiger partial charge on any atom is -0.494 e. The molecule has 1 amide bonds. The number of carboxylic acid groups (broad SMARTS) is 1. The summed E-state index contributed by atoms with van der Waals surface area (Å²) >= 11 is 15.7. The van der Waals surface area contributed by atoms with E-state index in [0.717, 1.165) is 23.0 Å². The summed E-state index contributed by atoms with van der Waals surface area (Å²) < 4.78 is 8.58. The lowest BCUT2D eigenvalue weighted by atomic mass is 10.1. The van der Waals surface area contributed by atoms with Gasteiger partial charge in [0.05, 0.1) is 17.7 Å². The number of nitrogens with zero attached hydrogens (tertiary/aromatic N) is 1. The first-order valence-electron chi connectivity index (χ1n) is 8.86. The van der Waals surface area contributed by atoms with Crippen LogP contribution in [0.25, 0.3) is 0 Å². The van der Waals surface area contributed by atoms with Crippen molar-refractivity contribution in [3.63, 3.8) is 0 Å². The largest absolute Gasteiger partial charge is 0.494 e. The van der Waals surface area contributed by atoms with Gasteiger partial charge in [-0.1, -0.05) is 22.6 Å². The summed E-state index contributed by atoms with van der Waals surface area (Å²) in [5, 5.41) is 9.69. The van der Waals surface area contributed by atoms with E-state index in [1.54, 1.807) is 31.3 Å². The van der Waals surface area contributed by atoms with Crippen LogP contribution in [-0.2, 0) is 0 Å². The molecule has 0 radical (unpaired) electrons. The molecule has 0 aliphatic carbocycles. The van der Waals surface area contributed by atoms with Gasteiger partial charge in [-0.15, -0.1) is 0 Å². The molecule has 0 aromatic heterocycles. The van der Waals surface area contributed by atoms with Crippen LogP contribution in [0, 0.1) is 0 Å². The zero-order valence-electron chi connectivity index (χ0n) is 15.9. The van der Waals surface area contributed by atoms with E-state index in [9.17, 15) is 14.7 Å². The van der Waals surface area contributed by atoms with E-state index in [4.69, 9.17) is 4.74 Å². The van der Waals surface area contributed by atoms with Gasteiger partial charge in [-0.05, 0) is 112 Å². The van der Waals surface area contributed by atoms with Gasteiger partial charge in [-0.3, -0.25) is 4.79 Å². The highest BCUT2D eigenvalue weighted by Crippen LogP contribution is 2.42. The summed E-state index contributed by atoms with van der Waals surface area (Å²) in [6.07, 6.45) is 3.33. The molecule has 5 nitrogen and oxygen atoms in total. The van der Waals surface area contributed by atoms with Gasteiger partial charge in [0, 0.05) is 30.6 Å². The first-order valence-corrected chi connectivity index (χ1v) is 13.6. The summed E-state index contributed by atoms with van der Waals surface area (Å²) in [5.41, 5.74) is 0.540. The molecule has 0 saturated heterocycles. The number of aromatic carboxylic acids is 1. The quantitative estimate of drug-likeness (QED) is 0.0932. The number of ether oxygens (including phenoxy) is 1. The molecule has 0 fully saturated rings. The van der Waals surface area contributed by atoms with E-state index < -0.39 is 11.9 Å². The number of carbonyl (C=O) groups excluding carboxylic acids is 1. The van der Waals surface area contributed by atoms with Gasteiger partial charge < -0.3 is 14.7 Å². The van der Waals surface area contributed by atoms with Gasteiger partial charge in [-0.2, -0.15) is 0 Å². The third kappa shape index (κ3) is 6.20. The van der Waals surface area contributed by atoms with Crippen molar-refractivity contribution in [1.29, 1.82) is 0 Å². The zero-order valence-corrected chi connectivity index (χ0v) is 24.4. The van der Waals surface area contributed by atoms with Gasteiger partial charge in [0.2, 0.25) is 0 Å². The van der Waals surface area contributed by atoms with Crippen molar-refractivity contribution in [2.24, 2.45) is 0 Å². The monoisotopic (exact) mass is 779 g/mol. The summed E-state index contributed by atoms with van der Waals surface area (Å²) in [6.45, 7) is 0.653. The van der Waals surface area contributed by atoms with Crippen molar-refractivity contribution in [1.82, 2.24) is 0 Å². The number of unbranched alkanes of at least 4 members (excludes halogenated alkanes) is 2. The van der Waals surface area contributed by atoms with Crippen LogP contribution in [0.1, 0.15) is 40.0 Å². The number of carbonyl (C=O) groups is 2. The number of benzene rings is 2. The van der Waals surface area contributed by atoms with E-state index in [1.165, 1.54) is 11.3 Å². The van der Waals surface area contributed by atoms with Crippen LogP contribution in [0.5, 0.6) is 5.75 Å². The lowest BCUT2D eigenvalue weighted by Crippen LogP contribution is -2.28. The Kier molecular flexibility index (Phi) is 10.6. The molecule has 0 aliphatic heterocycles. The van der Waals surface area contributed by atoms with E-state index in [-0.39, 0.29) is 15.6 Å². The molecule has 0 aliphatic rings. The third-order valence-electron chi connectivity index (χ3n) is 4.27. The Bertz CT molecular complexity index is 938. The lowest BCUT2D eigenvalue weighted by molar-refractivity contribution is 0.0690. The Balaban J connectivity index is 2.25. The number of alkyl halides is 1. The zero-order chi connectivity index (χ0) is 22.4. The minimum absolute atomic E-state index is 0.0440. The lowest BCUT2D eigenvalue weighted by Gasteiger charge is -2.21. The fourth-order valence-electron chi connectivity index (χ4n) is 2.65. The minimum atomic E-state index is -1.21. The third-order valence-corrected chi connectivity index (χ3v) is 9.80. The number of carboxylic acids is 1. The molecular formula is C20H18Br4INO4. The second-order valence-electron chi connectivity index (χ2n) is 6.27. The average molecular weight is 783 g/mol. The maximum absolute atomic E-state index is 13.2. The van der Waals surface area contributed by atoms with Crippen LogP contribution in [0.4, 0.5) is 5.69 Å². The highest BCUT2D eigenvalue weighted by atomic mass is 127. The van der Waals surface area contributed by atoms with E-state index in [2.05, 4.69) is 86.3 Å². The van der Waals surface area contributed by atoms with Crippen molar-refractivity contribution >= 4 is 104 Å². The number of amides is 1. The van der Waals surface area contributed by atoms with Crippen LogP contribution in [0.2, 0.25) is 0 Å². The summed E-state index contributed by atoms with van der Waals surface area (Å²) in [4.78, 5) is 26.5. The number of halogens is 5. The summed E-state index contributed by atoms with van der Waals surface area (Å²) in [6, 6.07) is 7.15. The van der Waals surface area contributed by atoms with Crippen molar-refractivity contribution in [2.45, 2.75) is 19.3 Å². The van der Waals surface area contributed by atoms with E-state index >= 15 is 0 Å². The summed E-state index contributed by atoms with van der Waals surface area (Å²) in [7, 11) is 1.60. The van der Waals surface area contributed by atoms with Crippen LogP contribution in [0.3, 0.4) is 0 Å². The number of anilines is 1. The predicted molar refractivity (Wildman–Crippen MR) is 142 cm³/mol. The van der Waals surface area contributed by atoms with Crippen LogP contribution in [-0.4, -0.2) is 35.1 Å². The van der Waals surface area contributed by atoms with Crippen molar-refractivity contribution in [3.05, 3.63) is 53.3 Å². The van der Waals surface area contributed by atoms with Crippen molar-refractivity contribution in [2.75, 3.05) is 23.0 Å². The number of rotatable bonds is 9. The number of hydrogen-bond donors (Lipinski definition) is 1. The summed E-state index contributed by atoms with van der Waals surface area (Å²) in [5.74, 6) is -0.935. The number of hydrogen-bond acceptors (Lipinski definition) is 3. The molecule has 0 spiro atoms. The Morgan fingerprint density at radius 3 is 2.03 bits per heavy atom. The van der Waals surface area contributed by atoms with Crippen LogP contribution >= 0.6 is 86.3 Å². The molecular weight excluding hydrogens is 765 g/mol. The smallest absolute Gasteiger partial charge is 0.337 e. The second kappa shape index (κ2) is 12.2. The molecule has 0 unspecified atom stereocenters. The normalized spacial score (nSPS) is 10.7. The molecule has 0 atom stereocenters. The van der Waals surface area contributed by atoms with Crippen molar-refractivity contribution in [3.8, 4) is 5.75 Å². The van der Waals surface area contributed by atoms with E-state index in [0.29, 0.717) is 25.7 Å². The maximum Gasteiger partial charge on any atom is 0.337 e. The fraction of sp³-hybridized carbons (Fsp3) is 0.300. The maximum atomic E-state index is 13.2. The average Bonchev–Trinajstić information content (AvgIpc) is 2.73. The van der Waals surface area contributed by atoms with Gasteiger partial charge in [0.15, 0.2) is 0 Å². The molecule has 2 aromatic rings.